The molecule has 2 aliphatic carbocycles. The van der Waals surface area contributed by atoms with Crippen LogP contribution in [0, 0.1) is 0 Å². The Morgan fingerprint density at radius 1 is 0.658 bits per heavy atom. The van der Waals surface area contributed by atoms with Gasteiger partial charge in [-0.15, -0.1) is 0 Å². The van der Waals surface area contributed by atoms with Crippen LogP contribution in [-0.2, 0) is 54.2 Å². The highest BCUT2D eigenvalue weighted by Gasteiger charge is 2.51. The molecule has 2 aliphatic rings. The maximum Gasteiger partial charge on any atom is 0.408 e. The number of benzene rings is 1. The van der Waals surface area contributed by atoms with Crippen LogP contribution in [0.25, 0.3) is 0 Å². The number of esters is 2. The zero-order valence-electron chi connectivity index (χ0n) is 23.7. The van der Waals surface area contributed by atoms with Crippen molar-refractivity contribution in [2.45, 2.75) is 103 Å². The van der Waals surface area contributed by atoms with E-state index in [1.54, 1.807) is 55.4 Å². The first-order valence-corrected chi connectivity index (χ1v) is 13.0. The molecule has 2 N–H and O–H groups in total. The molecule has 0 radical (unpaired) electrons. The molecule has 1 aromatic carbocycles. The summed E-state index contributed by atoms with van der Waals surface area (Å²) in [4.78, 5) is 51.5. The number of amides is 2. The number of carbonyl (C=O) groups excluding carboxylic acids is 4. The smallest absolute Gasteiger partial charge is 0.408 e. The minimum Gasteiger partial charge on any atom is -0.464 e. The number of alkyl carbamates (subject to hydrolysis) is 2. The van der Waals surface area contributed by atoms with Crippen molar-refractivity contribution in [1.82, 2.24) is 10.6 Å². The molecule has 0 fully saturated rings. The molecular formula is C28H40N2O8. The molecule has 0 aromatic heterocycles. The standard InChI is InChI=1S/C28H40N2O8/c1-9-35-21(31)27(29-23(33)37-25(3,4)5)13-17-11-19-15-28(22(32)36-10-2,16-20(19)12-18(17)14-27)30-24(34)38-26(6,7)8/h11-12H,9-10,13-16H2,1-8H3,(H,29,33)(H,30,34). The van der Waals surface area contributed by atoms with Crippen molar-refractivity contribution in [3.63, 3.8) is 0 Å². The zero-order chi connectivity index (χ0) is 28.5. The summed E-state index contributed by atoms with van der Waals surface area (Å²) in [6.07, 6.45) is -0.569. The van der Waals surface area contributed by atoms with Gasteiger partial charge in [0.2, 0.25) is 0 Å². The molecule has 38 heavy (non-hydrogen) atoms. The van der Waals surface area contributed by atoms with E-state index in [2.05, 4.69) is 10.6 Å². The minimum atomic E-state index is -1.30. The highest BCUT2D eigenvalue weighted by molar-refractivity contribution is 5.89. The quantitative estimate of drug-likeness (QED) is 0.421. The van der Waals surface area contributed by atoms with Crippen LogP contribution in [0.4, 0.5) is 9.59 Å². The fraction of sp³-hybridized carbons (Fsp3) is 0.643. The highest BCUT2D eigenvalue weighted by Crippen LogP contribution is 2.39. The van der Waals surface area contributed by atoms with Gasteiger partial charge in [0, 0.05) is 25.7 Å². The van der Waals surface area contributed by atoms with Gasteiger partial charge in [0.25, 0.3) is 0 Å². The van der Waals surface area contributed by atoms with Gasteiger partial charge in [0.15, 0.2) is 0 Å². The molecule has 1 aromatic rings. The fourth-order valence-corrected chi connectivity index (χ4v) is 4.98. The fourth-order valence-electron chi connectivity index (χ4n) is 4.98. The third-order valence-electron chi connectivity index (χ3n) is 6.30. The molecule has 0 heterocycles. The average Bonchev–Trinajstić information content (AvgIpc) is 3.27. The predicted molar refractivity (Wildman–Crippen MR) is 139 cm³/mol. The molecule has 0 aliphatic heterocycles. The van der Waals surface area contributed by atoms with Crippen molar-refractivity contribution in [3.8, 4) is 0 Å². The molecule has 10 nitrogen and oxygen atoms in total. The molecule has 0 unspecified atom stereocenters. The molecular weight excluding hydrogens is 492 g/mol. The van der Waals surface area contributed by atoms with Crippen molar-refractivity contribution >= 4 is 24.1 Å². The summed E-state index contributed by atoms with van der Waals surface area (Å²) in [5.41, 5.74) is -0.663. The number of nitrogens with one attached hydrogen (secondary N) is 2. The van der Waals surface area contributed by atoms with Crippen molar-refractivity contribution < 1.29 is 38.1 Å². The van der Waals surface area contributed by atoms with E-state index >= 15 is 0 Å². The predicted octanol–water partition coefficient (Wildman–Crippen LogP) is 3.54. The van der Waals surface area contributed by atoms with Gasteiger partial charge in [0.05, 0.1) is 13.2 Å². The number of fused-ring (bicyclic) bond motifs is 2. The number of hydrogen-bond donors (Lipinski definition) is 2. The van der Waals surface area contributed by atoms with Crippen LogP contribution >= 0.6 is 0 Å². The summed E-state index contributed by atoms with van der Waals surface area (Å²) in [6.45, 7) is 14.3. The summed E-state index contributed by atoms with van der Waals surface area (Å²) in [7, 11) is 0. The third kappa shape index (κ3) is 6.57. The largest absolute Gasteiger partial charge is 0.464 e. The van der Waals surface area contributed by atoms with Crippen molar-refractivity contribution in [3.05, 3.63) is 34.4 Å². The van der Waals surface area contributed by atoms with Crippen LogP contribution in [0.15, 0.2) is 12.1 Å². The molecule has 0 saturated carbocycles. The van der Waals surface area contributed by atoms with Crippen molar-refractivity contribution in [1.29, 1.82) is 0 Å². The van der Waals surface area contributed by atoms with Gasteiger partial charge in [-0.1, -0.05) is 12.1 Å². The minimum absolute atomic E-state index is 0.168. The molecule has 0 spiro atoms. The van der Waals surface area contributed by atoms with Gasteiger partial charge < -0.3 is 29.6 Å². The van der Waals surface area contributed by atoms with Gasteiger partial charge >= 0.3 is 24.1 Å². The Bertz CT molecular complexity index is 995. The molecule has 3 rings (SSSR count). The van der Waals surface area contributed by atoms with Crippen LogP contribution in [0.5, 0.6) is 0 Å². The number of carbonyl (C=O) groups is 4. The lowest BCUT2D eigenvalue weighted by atomic mass is 9.94. The van der Waals surface area contributed by atoms with Crippen molar-refractivity contribution in [2.24, 2.45) is 0 Å². The lowest BCUT2D eigenvalue weighted by Crippen LogP contribution is -2.57. The molecule has 10 heteroatoms. The summed E-state index contributed by atoms with van der Waals surface area (Å²) in [5, 5.41) is 5.54. The molecule has 2 amide bonds. The van der Waals surface area contributed by atoms with E-state index in [-0.39, 0.29) is 38.9 Å². The van der Waals surface area contributed by atoms with E-state index in [4.69, 9.17) is 18.9 Å². The lowest BCUT2D eigenvalue weighted by molar-refractivity contribution is -0.151. The summed E-state index contributed by atoms with van der Waals surface area (Å²) in [5.74, 6) is -1.07. The van der Waals surface area contributed by atoms with Crippen LogP contribution in [0.3, 0.4) is 0 Å². The van der Waals surface area contributed by atoms with Crippen LogP contribution in [0.2, 0.25) is 0 Å². The van der Waals surface area contributed by atoms with E-state index in [0.29, 0.717) is 0 Å². The second-order valence-electron chi connectivity index (χ2n) is 12.0. The number of hydrogen-bond acceptors (Lipinski definition) is 8. The summed E-state index contributed by atoms with van der Waals surface area (Å²) < 4.78 is 21.5. The summed E-state index contributed by atoms with van der Waals surface area (Å²) >= 11 is 0. The number of ether oxygens (including phenoxy) is 4. The number of rotatable bonds is 6. The Hall–Kier alpha value is -3.30. The van der Waals surface area contributed by atoms with Crippen LogP contribution < -0.4 is 10.6 Å². The van der Waals surface area contributed by atoms with Gasteiger partial charge in [-0.05, 0) is 77.6 Å². The Labute approximate surface area is 224 Å². The summed E-state index contributed by atoms with van der Waals surface area (Å²) in [6, 6.07) is 3.86. The second kappa shape index (κ2) is 10.5. The van der Waals surface area contributed by atoms with E-state index in [1.807, 2.05) is 12.1 Å². The molecule has 0 saturated heterocycles. The maximum absolute atomic E-state index is 13.1. The topological polar surface area (TPSA) is 129 Å². The van der Waals surface area contributed by atoms with E-state index < -0.39 is 46.4 Å². The molecule has 0 bridgehead atoms. The Morgan fingerprint density at radius 2 is 0.947 bits per heavy atom. The Kier molecular flexibility index (Phi) is 8.05. The molecule has 210 valence electrons. The monoisotopic (exact) mass is 532 g/mol. The second-order valence-corrected chi connectivity index (χ2v) is 12.0. The average molecular weight is 533 g/mol. The maximum atomic E-state index is 13.1. The normalized spacial score (nSPS) is 17.1. The van der Waals surface area contributed by atoms with Gasteiger partial charge in [0.1, 0.15) is 22.3 Å². The third-order valence-corrected chi connectivity index (χ3v) is 6.30. The zero-order valence-corrected chi connectivity index (χ0v) is 23.7. The van der Waals surface area contributed by atoms with E-state index in [0.717, 1.165) is 22.3 Å². The lowest BCUT2D eigenvalue weighted by Gasteiger charge is -2.30. The highest BCUT2D eigenvalue weighted by atomic mass is 16.6. The van der Waals surface area contributed by atoms with Gasteiger partial charge in [-0.2, -0.15) is 0 Å². The van der Waals surface area contributed by atoms with Crippen LogP contribution in [-0.4, -0.2) is 59.6 Å². The van der Waals surface area contributed by atoms with E-state index in [1.165, 1.54) is 0 Å². The van der Waals surface area contributed by atoms with Crippen LogP contribution in [0.1, 0.15) is 77.6 Å². The van der Waals surface area contributed by atoms with Crippen molar-refractivity contribution in [2.75, 3.05) is 13.2 Å². The SMILES string of the molecule is CCOC(=O)C1(NC(=O)OC(C)(C)C)Cc2cc3c(cc2C1)CC(NC(=O)OC(C)(C)C)(C(=O)OCC)C3. The first kappa shape index (κ1) is 29.3. The van der Waals surface area contributed by atoms with E-state index in [9.17, 15) is 19.2 Å². The Balaban J connectivity index is 1.90. The van der Waals surface area contributed by atoms with Gasteiger partial charge in [-0.25, -0.2) is 19.2 Å². The van der Waals surface area contributed by atoms with Gasteiger partial charge in [-0.3, -0.25) is 0 Å². The first-order chi connectivity index (χ1) is 17.5. The Morgan fingerprint density at radius 3 is 1.18 bits per heavy atom. The first-order valence-electron chi connectivity index (χ1n) is 13.0. The molecule has 0 atom stereocenters.